The van der Waals surface area contributed by atoms with E-state index in [1.165, 1.54) is 0 Å². The SMILES string of the molecule is CCCCCCn1cnc2c(c1=O)c1nc3ccccc3nc1n2/N=C/c1cccc(C)c1. The van der Waals surface area contributed by atoms with Gasteiger partial charge in [0.15, 0.2) is 11.3 Å². The van der Waals surface area contributed by atoms with Crippen LogP contribution in [0, 0.1) is 6.92 Å². The molecule has 0 saturated heterocycles. The predicted molar refractivity (Wildman–Crippen MR) is 133 cm³/mol. The molecule has 7 nitrogen and oxygen atoms in total. The van der Waals surface area contributed by atoms with Crippen molar-refractivity contribution < 1.29 is 0 Å². The van der Waals surface area contributed by atoms with Crippen molar-refractivity contribution in [1.29, 1.82) is 0 Å². The van der Waals surface area contributed by atoms with Gasteiger partial charge >= 0.3 is 0 Å². The first-order valence-electron chi connectivity index (χ1n) is 11.4. The molecule has 3 heterocycles. The highest BCUT2D eigenvalue weighted by atomic mass is 16.1. The summed E-state index contributed by atoms with van der Waals surface area (Å²) in [4.78, 5) is 27.7. The molecule has 0 atom stereocenters. The molecule has 166 valence electrons. The van der Waals surface area contributed by atoms with Gasteiger partial charge in [-0.25, -0.2) is 15.0 Å². The van der Waals surface area contributed by atoms with Crippen LogP contribution in [-0.4, -0.2) is 30.4 Å². The van der Waals surface area contributed by atoms with Gasteiger partial charge in [0.2, 0.25) is 0 Å². The fraction of sp³-hybridized carbons (Fsp3) is 0.269. The Bertz CT molecular complexity index is 1550. The number of nitrogens with zero attached hydrogens (tertiary/aromatic N) is 6. The fourth-order valence-corrected chi connectivity index (χ4v) is 4.11. The lowest BCUT2D eigenvalue weighted by Crippen LogP contribution is -2.20. The third kappa shape index (κ3) is 4.02. The summed E-state index contributed by atoms with van der Waals surface area (Å²) in [5, 5.41) is 5.14. The highest BCUT2D eigenvalue weighted by Gasteiger charge is 2.19. The first-order chi connectivity index (χ1) is 16.2. The van der Waals surface area contributed by atoms with Crippen molar-refractivity contribution in [1.82, 2.24) is 24.2 Å². The van der Waals surface area contributed by atoms with Crippen molar-refractivity contribution in [2.24, 2.45) is 5.10 Å². The van der Waals surface area contributed by atoms with Gasteiger partial charge in [-0.2, -0.15) is 9.78 Å². The number of aryl methyl sites for hydroxylation is 2. The second kappa shape index (κ2) is 8.94. The van der Waals surface area contributed by atoms with E-state index in [0.717, 1.165) is 47.8 Å². The van der Waals surface area contributed by atoms with E-state index in [1.54, 1.807) is 21.8 Å². The van der Waals surface area contributed by atoms with Gasteiger partial charge < -0.3 is 0 Å². The smallest absolute Gasteiger partial charge is 0.265 e. The van der Waals surface area contributed by atoms with E-state index in [-0.39, 0.29) is 5.56 Å². The average Bonchev–Trinajstić information content (AvgIpc) is 3.13. The van der Waals surface area contributed by atoms with Crippen LogP contribution in [0.4, 0.5) is 0 Å². The van der Waals surface area contributed by atoms with Crippen molar-refractivity contribution >= 4 is 39.4 Å². The maximum atomic E-state index is 13.5. The Morgan fingerprint density at radius 1 is 0.970 bits per heavy atom. The zero-order valence-corrected chi connectivity index (χ0v) is 18.9. The molecule has 7 heteroatoms. The van der Waals surface area contributed by atoms with Gasteiger partial charge in [0.05, 0.1) is 23.6 Å². The number of fused-ring (bicyclic) bond motifs is 4. The average molecular weight is 439 g/mol. The Balaban J connectivity index is 1.71. The van der Waals surface area contributed by atoms with E-state index in [2.05, 4.69) is 23.1 Å². The van der Waals surface area contributed by atoms with Crippen LogP contribution in [0.25, 0.3) is 33.2 Å². The van der Waals surface area contributed by atoms with E-state index < -0.39 is 0 Å². The van der Waals surface area contributed by atoms with Crippen molar-refractivity contribution in [3.8, 4) is 0 Å². The standard InChI is InChI=1S/C26H26N6O/c1-3-4-5-8-14-31-17-27-24-22(26(31)33)23-25(30-21-13-7-6-12-20(21)29-23)32(24)28-16-19-11-9-10-18(2)15-19/h6-7,9-13,15-17H,3-5,8,14H2,1-2H3/b28-16+. The van der Waals surface area contributed by atoms with E-state index in [4.69, 9.17) is 9.97 Å². The van der Waals surface area contributed by atoms with Crippen LogP contribution in [0.3, 0.4) is 0 Å². The highest BCUT2D eigenvalue weighted by Crippen LogP contribution is 2.25. The van der Waals surface area contributed by atoms with Gasteiger partial charge in [0.1, 0.15) is 10.9 Å². The zero-order chi connectivity index (χ0) is 22.8. The van der Waals surface area contributed by atoms with Crippen molar-refractivity contribution in [3.63, 3.8) is 0 Å². The summed E-state index contributed by atoms with van der Waals surface area (Å²) in [6, 6.07) is 15.7. The number of hydrogen-bond donors (Lipinski definition) is 0. The predicted octanol–water partition coefficient (Wildman–Crippen LogP) is 5.07. The Labute approximate surface area is 191 Å². The molecular weight excluding hydrogens is 412 g/mol. The minimum atomic E-state index is -0.101. The summed E-state index contributed by atoms with van der Waals surface area (Å²) < 4.78 is 3.32. The summed E-state index contributed by atoms with van der Waals surface area (Å²) in [6.07, 6.45) is 7.73. The maximum Gasteiger partial charge on any atom is 0.265 e. The maximum absolute atomic E-state index is 13.5. The van der Waals surface area contributed by atoms with Gasteiger partial charge in [0, 0.05) is 6.54 Å². The summed E-state index contributed by atoms with van der Waals surface area (Å²) in [7, 11) is 0. The lowest BCUT2D eigenvalue weighted by atomic mass is 10.2. The lowest BCUT2D eigenvalue weighted by Gasteiger charge is -2.05. The molecule has 0 bridgehead atoms. The Morgan fingerprint density at radius 2 is 1.79 bits per heavy atom. The molecule has 0 aliphatic carbocycles. The van der Waals surface area contributed by atoms with Gasteiger partial charge in [-0.05, 0) is 31.0 Å². The first-order valence-corrected chi connectivity index (χ1v) is 11.4. The van der Waals surface area contributed by atoms with Crippen LogP contribution < -0.4 is 5.56 Å². The molecule has 0 fully saturated rings. The number of aromatic nitrogens is 5. The molecule has 0 spiro atoms. The van der Waals surface area contributed by atoms with Gasteiger partial charge in [-0.1, -0.05) is 68.1 Å². The van der Waals surface area contributed by atoms with Crippen LogP contribution in [-0.2, 0) is 6.54 Å². The Morgan fingerprint density at radius 3 is 2.58 bits per heavy atom. The van der Waals surface area contributed by atoms with Crippen LogP contribution in [0.1, 0.15) is 43.7 Å². The molecule has 0 amide bonds. The third-order valence-corrected chi connectivity index (χ3v) is 5.82. The molecular formula is C26H26N6O. The lowest BCUT2D eigenvalue weighted by molar-refractivity contribution is 0.567. The van der Waals surface area contributed by atoms with Crippen molar-refractivity contribution in [3.05, 3.63) is 76.3 Å². The molecule has 0 unspecified atom stereocenters. The Hall–Kier alpha value is -3.87. The molecule has 0 saturated carbocycles. The van der Waals surface area contributed by atoms with E-state index >= 15 is 0 Å². The summed E-state index contributed by atoms with van der Waals surface area (Å²) in [5.41, 5.74) is 5.03. The minimum Gasteiger partial charge on any atom is -0.299 e. The molecule has 0 aliphatic heterocycles. The normalized spacial score (nSPS) is 11.9. The molecule has 5 aromatic rings. The summed E-state index contributed by atoms with van der Waals surface area (Å²) >= 11 is 0. The molecule has 5 rings (SSSR count). The molecule has 0 N–H and O–H groups in total. The molecule has 33 heavy (non-hydrogen) atoms. The van der Waals surface area contributed by atoms with E-state index in [0.29, 0.717) is 28.7 Å². The number of para-hydroxylation sites is 2. The van der Waals surface area contributed by atoms with Crippen molar-refractivity contribution in [2.45, 2.75) is 46.1 Å². The summed E-state index contributed by atoms with van der Waals surface area (Å²) in [5.74, 6) is 0. The largest absolute Gasteiger partial charge is 0.299 e. The molecule has 0 radical (unpaired) electrons. The van der Waals surface area contributed by atoms with Crippen LogP contribution >= 0.6 is 0 Å². The second-order valence-corrected chi connectivity index (χ2v) is 8.36. The van der Waals surface area contributed by atoms with Gasteiger partial charge in [0.25, 0.3) is 5.56 Å². The van der Waals surface area contributed by atoms with Crippen LogP contribution in [0.2, 0.25) is 0 Å². The van der Waals surface area contributed by atoms with E-state index in [9.17, 15) is 4.79 Å². The second-order valence-electron chi connectivity index (χ2n) is 8.36. The Kier molecular flexibility index (Phi) is 5.69. The number of unbranched alkanes of at least 4 members (excludes halogenated alkanes) is 3. The van der Waals surface area contributed by atoms with Gasteiger partial charge in [-0.15, -0.1) is 0 Å². The highest BCUT2D eigenvalue weighted by molar-refractivity contribution is 6.04. The monoisotopic (exact) mass is 438 g/mol. The topological polar surface area (TPSA) is 78.0 Å². The number of hydrogen-bond acceptors (Lipinski definition) is 5. The zero-order valence-electron chi connectivity index (χ0n) is 18.9. The number of rotatable bonds is 7. The number of benzene rings is 2. The molecule has 0 aliphatic rings. The van der Waals surface area contributed by atoms with Crippen LogP contribution in [0.15, 0.2) is 64.8 Å². The minimum absolute atomic E-state index is 0.101. The third-order valence-electron chi connectivity index (χ3n) is 5.82. The van der Waals surface area contributed by atoms with E-state index in [1.807, 2.05) is 49.4 Å². The van der Waals surface area contributed by atoms with Gasteiger partial charge in [-0.3, -0.25) is 9.36 Å². The quantitative estimate of drug-likeness (QED) is 0.263. The van der Waals surface area contributed by atoms with Crippen LogP contribution in [0.5, 0.6) is 0 Å². The summed E-state index contributed by atoms with van der Waals surface area (Å²) in [6.45, 7) is 4.86. The first kappa shape index (κ1) is 21.0. The fourth-order valence-electron chi connectivity index (χ4n) is 4.11. The molecule has 3 aromatic heterocycles. The molecule has 2 aromatic carbocycles. The van der Waals surface area contributed by atoms with Crippen molar-refractivity contribution in [2.75, 3.05) is 0 Å².